The second kappa shape index (κ2) is 7.94. The SMILES string of the molecule is O=C(CNC(=O)Nc1ccc(F)c(F)c1)Nc1cc(Cl)ccc1Cl. The van der Waals surface area contributed by atoms with Gasteiger partial charge in [0, 0.05) is 16.8 Å². The van der Waals surface area contributed by atoms with Crippen molar-refractivity contribution in [1.82, 2.24) is 5.32 Å². The number of carbonyl (C=O) groups excluding carboxylic acids is 2. The van der Waals surface area contributed by atoms with Gasteiger partial charge in [-0.2, -0.15) is 0 Å². The van der Waals surface area contributed by atoms with Crippen molar-refractivity contribution in [3.05, 3.63) is 58.1 Å². The van der Waals surface area contributed by atoms with Gasteiger partial charge in [0.25, 0.3) is 0 Å². The van der Waals surface area contributed by atoms with Crippen molar-refractivity contribution < 1.29 is 18.4 Å². The van der Waals surface area contributed by atoms with Crippen LogP contribution in [-0.4, -0.2) is 18.5 Å². The number of urea groups is 1. The predicted octanol–water partition coefficient (Wildman–Crippen LogP) is 4.03. The van der Waals surface area contributed by atoms with Crippen molar-refractivity contribution in [3.63, 3.8) is 0 Å². The molecule has 0 aliphatic heterocycles. The summed E-state index contributed by atoms with van der Waals surface area (Å²) in [5.41, 5.74) is 0.349. The highest BCUT2D eigenvalue weighted by Gasteiger charge is 2.10. The first-order valence-corrected chi connectivity index (χ1v) is 7.35. The number of anilines is 2. The van der Waals surface area contributed by atoms with Crippen LogP contribution in [0.15, 0.2) is 36.4 Å². The fourth-order valence-corrected chi connectivity index (χ4v) is 2.03. The van der Waals surface area contributed by atoms with E-state index in [1.807, 2.05) is 0 Å². The first-order chi connectivity index (χ1) is 11.3. The maximum atomic E-state index is 13.0. The molecule has 0 radical (unpaired) electrons. The van der Waals surface area contributed by atoms with Crippen molar-refractivity contribution >= 4 is 46.5 Å². The maximum absolute atomic E-state index is 13.0. The number of nitrogens with one attached hydrogen (secondary N) is 3. The van der Waals surface area contributed by atoms with E-state index in [4.69, 9.17) is 23.2 Å². The van der Waals surface area contributed by atoms with Gasteiger partial charge in [-0.05, 0) is 30.3 Å². The average Bonchev–Trinajstić information content (AvgIpc) is 2.52. The van der Waals surface area contributed by atoms with Crippen LogP contribution in [0.1, 0.15) is 0 Å². The highest BCUT2D eigenvalue weighted by Crippen LogP contribution is 2.25. The fourth-order valence-electron chi connectivity index (χ4n) is 1.70. The highest BCUT2D eigenvalue weighted by atomic mass is 35.5. The topological polar surface area (TPSA) is 70.2 Å². The van der Waals surface area contributed by atoms with E-state index in [1.54, 1.807) is 6.07 Å². The standard InChI is InChI=1S/C15H11Cl2F2N3O2/c16-8-1-3-10(17)13(5-8)22-14(23)7-20-15(24)21-9-2-4-11(18)12(19)6-9/h1-6H,7H2,(H,22,23)(H2,20,21,24). The Hall–Kier alpha value is -2.38. The third-order valence-corrected chi connectivity index (χ3v) is 3.35. The van der Waals surface area contributed by atoms with Gasteiger partial charge >= 0.3 is 6.03 Å². The summed E-state index contributed by atoms with van der Waals surface area (Å²) in [7, 11) is 0. The molecule has 3 amide bonds. The molecule has 126 valence electrons. The van der Waals surface area contributed by atoms with E-state index in [0.717, 1.165) is 12.1 Å². The molecule has 0 saturated carbocycles. The minimum Gasteiger partial charge on any atom is -0.329 e. The summed E-state index contributed by atoms with van der Waals surface area (Å²) in [5.74, 6) is -2.67. The zero-order valence-electron chi connectivity index (χ0n) is 12.0. The number of amides is 3. The second-order valence-corrected chi connectivity index (χ2v) is 5.45. The number of hydrogen-bond acceptors (Lipinski definition) is 2. The van der Waals surface area contributed by atoms with Crippen molar-refractivity contribution in [2.45, 2.75) is 0 Å². The molecule has 0 heterocycles. The maximum Gasteiger partial charge on any atom is 0.319 e. The van der Waals surface area contributed by atoms with Crippen LogP contribution in [0, 0.1) is 11.6 Å². The lowest BCUT2D eigenvalue weighted by Crippen LogP contribution is -2.35. The molecule has 2 aromatic carbocycles. The quantitative estimate of drug-likeness (QED) is 0.756. The Morgan fingerprint density at radius 1 is 0.958 bits per heavy atom. The molecule has 0 unspecified atom stereocenters. The molecular formula is C15H11Cl2F2N3O2. The van der Waals surface area contributed by atoms with Crippen LogP contribution in [0.25, 0.3) is 0 Å². The molecule has 24 heavy (non-hydrogen) atoms. The third kappa shape index (κ3) is 5.07. The summed E-state index contributed by atoms with van der Waals surface area (Å²) in [6.07, 6.45) is 0. The summed E-state index contributed by atoms with van der Waals surface area (Å²) in [6.45, 7) is -0.363. The summed E-state index contributed by atoms with van der Waals surface area (Å²) >= 11 is 11.7. The molecular weight excluding hydrogens is 363 g/mol. The largest absolute Gasteiger partial charge is 0.329 e. The van der Waals surface area contributed by atoms with E-state index >= 15 is 0 Å². The van der Waals surface area contributed by atoms with Crippen molar-refractivity contribution in [1.29, 1.82) is 0 Å². The van der Waals surface area contributed by atoms with Gasteiger partial charge in [-0.25, -0.2) is 13.6 Å². The Bertz CT molecular complexity index is 787. The zero-order chi connectivity index (χ0) is 17.7. The molecule has 5 nitrogen and oxygen atoms in total. The van der Waals surface area contributed by atoms with Gasteiger partial charge in [0.05, 0.1) is 17.3 Å². The number of rotatable bonds is 4. The molecule has 0 aromatic heterocycles. The molecule has 0 aliphatic rings. The molecule has 0 bridgehead atoms. The molecule has 2 aromatic rings. The molecule has 0 aliphatic carbocycles. The summed E-state index contributed by atoms with van der Waals surface area (Å²) in [5, 5.41) is 7.69. The van der Waals surface area contributed by atoms with Gasteiger partial charge < -0.3 is 16.0 Å². The number of hydrogen-bond donors (Lipinski definition) is 3. The lowest BCUT2D eigenvalue weighted by Gasteiger charge is -2.10. The molecule has 2 rings (SSSR count). The lowest BCUT2D eigenvalue weighted by atomic mass is 10.3. The lowest BCUT2D eigenvalue weighted by molar-refractivity contribution is -0.115. The van der Waals surface area contributed by atoms with E-state index in [-0.39, 0.29) is 12.2 Å². The van der Waals surface area contributed by atoms with E-state index < -0.39 is 23.6 Å². The minimum absolute atomic E-state index is 0.0460. The minimum atomic E-state index is -1.10. The first-order valence-electron chi connectivity index (χ1n) is 6.60. The Balaban J connectivity index is 1.85. The molecule has 0 spiro atoms. The monoisotopic (exact) mass is 373 g/mol. The van der Waals surface area contributed by atoms with Gasteiger partial charge in [-0.1, -0.05) is 23.2 Å². The average molecular weight is 374 g/mol. The van der Waals surface area contributed by atoms with E-state index in [9.17, 15) is 18.4 Å². The summed E-state index contributed by atoms with van der Waals surface area (Å²) in [4.78, 5) is 23.4. The highest BCUT2D eigenvalue weighted by molar-refractivity contribution is 6.35. The normalized spacial score (nSPS) is 10.2. The van der Waals surface area contributed by atoms with Gasteiger partial charge in [0.15, 0.2) is 11.6 Å². The van der Waals surface area contributed by atoms with Crippen LogP contribution in [-0.2, 0) is 4.79 Å². The van der Waals surface area contributed by atoms with E-state index in [0.29, 0.717) is 15.7 Å². The van der Waals surface area contributed by atoms with Crippen LogP contribution in [0.4, 0.5) is 25.0 Å². The van der Waals surface area contributed by atoms with Gasteiger partial charge in [0.1, 0.15) is 0 Å². The van der Waals surface area contributed by atoms with Crippen LogP contribution in [0.2, 0.25) is 10.0 Å². The molecule has 9 heteroatoms. The zero-order valence-corrected chi connectivity index (χ0v) is 13.5. The Kier molecular flexibility index (Phi) is 5.94. The molecule has 0 saturated heterocycles. The smallest absolute Gasteiger partial charge is 0.319 e. The third-order valence-electron chi connectivity index (χ3n) is 2.79. The number of benzene rings is 2. The van der Waals surface area contributed by atoms with Gasteiger partial charge in [-0.3, -0.25) is 4.79 Å². The first kappa shape index (κ1) is 18.0. The van der Waals surface area contributed by atoms with Crippen LogP contribution in [0.3, 0.4) is 0 Å². The summed E-state index contributed by atoms with van der Waals surface area (Å²) < 4.78 is 25.8. The molecule has 3 N–H and O–H groups in total. The number of halogens is 4. The van der Waals surface area contributed by atoms with Gasteiger partial charge in [0.2, 0.25) is 5.91 Å². The fraction of sp³-hybridized carbons (Fsp3) is 0.0667. The Morgan fingerprint density at radius 2 is 1.71 bits per heavy atom. The van der Waals surface area contributed by atoms with Crippen molar-refractivity contribution in [2.24, 2.45) is 0 Å². The molecule has 0 fully saturated rings. The van der Waals surface area contributed by atoms with E-state index in [2.05, 4.69) is 16.0 Å². The van der Waals surface area contributed by atoms with Crippen molar-refractivity contribution in [2.75, 3.05) is 17.2 Å². The second-order valence-electron chi connectivity index (χ2n) is 4.61. The van der Waals surface area contributed by atoms with Crippen LogP contribution < -0.4 is 16.0 Å². The van der Waals surface area contributed by atoms with Gasteiger partial charge in [-0.15, -0.1) is 0 Å². The Morgan fingerprint density at radius 3 is 2.42 bits per heavy atom. The van der Waals surface area contributed by atoms with E-state index in [1.165, 1.54) is 18.2 Å². The molecule has 0 atom stereocenters. The summed E-state index contributed by atoms with van der Waals surface area (Å²) in [6, 6.07) is 6.66. The van der Waals surface area contributed by atoms with Crippen LogP contribution in [0.5, 0.6) is 0 Å². The number of carbonyl (C=O) groups is 2. The van der Waals surface area contributed by atoms with Crippen molar-refractivity contribution in [3.8, 4) is 0 Å². The Labute approximate surface area is 145 Å². The van der Waals surface area contributed by atoms with Crippen LogP contribution >= 0.6 is 23.2 Å². The predicted molar refractivity (Wildman–Crippen MR) is 88.5 cm³/mol.